The van der Waals surface area contributed by atoms with Crippen molar-refractivity contribution in [3.8, 4) is 12.3 Å². The van der Waals surface area contributed by atoms with Gasteiger partial charge in [0.1, 0.15) is 0 Å². The molecule has 0 aromatic rings. The van der Waals surface area contributed by atoms with E-state index in [2.05, 4.69) is 18.2 Å². The smallest absolute Gasteiger partial charge is 0.0587 e. The van der Waals surface area contributed by atoms with E-state index in [0.717, 1.165) is 38.8 Å². The van der Waals surface area contributed by atoms with E-state index >= 15 is 0 Å². The topological polar surface area (TPSA) is 21.3 Å². The van der Waals surface area contributed by atoms with E-state index in [1.807, 2.05) is 0 Å². The van der Waals surface area contributed by atoms with Crippen LogP contribution in [0.1, 0.15) is 45.4 Å². The number of hydrogen-bond donors (Lipinski definition) is 1. The van der Waals surface area contributed by atoms with E-state index in [1.54, 1.807) is 0 Å². The minimum atomic E-state index is 0.474. The van der Waals surface area contributed by atoms with Gasteiger partial charge in [0.05, 0.1) is 6.10 Å². The summed E-state index contributed by atoms with van der Waals surface area (Å²) in [4.78, 5) is 0. The van der Waals surface area contributed by atoms with Crippen LogP contribution in [0.15, 0.2) is 0 Å². The van der Waals surface area contributed by atoms with Gasteiger partial charge in [0.2, 0.25) is 0 Å². The van der Waals surface area contributed by atoms with Crippen molar-refractivity contribution in [3.05, 3.63) is 0 Å². The Morgan fingerprint density at radius 1 is 1.47 bits per heavy atom. The summed E-state index contributed by atoms with van der Waals surface area (Å²) in [5, 5.41) is 3.60. The third-order valence-electron chi connectivity index (χ3n) is 3.00. The van der Waals surface area contributed by atoms with Crippen LogP contribution in [-0.2, 0) is 4.74 Å². The SMILES string of the molecule is C#CCCCCNC1CCOC(CC)C1. The van der Waals surface area contributed by atoms with E-state index in [1.165, 1.54) is 12.8 Å². The van der Waals surface area contributed by atoms with E-state index in [4.69, 9.17) is 11.2 Å². The largest absolute Gasteiger partial charge is 0.378 e. The van der Waals surface area contributed by atoms with Gasteiger partial charge in [0, 0.05) is 19.1 Å². The van der Waals surface area contributed by atoms with E-state index in [0.29, 0.717) is 12.1 Å². The number of unbranched alkanes of at least 4 members (excludes halogenated alkanes) is 2. The average Bonchev–Trinajstić information content (AvgIpc) is 2.29. The summed E-state index contributed by atoms with van der Waals surface area (Å²) in [6, 6.07) is 0.662. The fourth-order valence-electron chi connectivity index (χ4n) is 2.01. The average molecular weight is 209 g/mol. The van der Waals surface area contributed by atoms with Crippen molar-refractivity contribution in [2.45, 2.75) is 57.6 Å². The Hall–Kier alpha value is -0.520. The van der Waals surface area contributed by atoms with Gasteiger partial charge in [0.25, 0.3) is 0 Å². The summed E-state index contributed by atoms with van der Waals surface area (Å²) in [6.45, 7) is 4.21. The van der Waals surface area contributed by atoms with Crippen molar-refractivity contribution in [2.75, 3.05) is 13.2 Å². The standard InChI is InChI=1S/C13H23NO/c1-3-5-6-7-9-14-12-8-10-15-13(4-2)11-12/h1,12-14H,4-11H2,2H3. The zero-order valence-electron chi connectivity index (χ0n) is 9.80. The minimum absolute atomic E-state index is 0.474. The maximum Gasteiger partial charge on any atom is 0.0587 e. The number of nitrogens with one attached hydrogen (secondary N) is 1. The molecule has 0 amide bonds. The summed E-state index contributed by atoms with van der Waals surface area (Å²) in [5.74, 6) is 2.67. The highest BCUT2D eigenvalue weighted by Crippen LogP contribution is 2.16. The Balaban J connectivity index is 2.03. The fourth-order valence-corrected chi connectivity index (χ4v) is 2.01. The molecule has 0 aromatic heterocycles. The van der Waals surface area contributed by atoms with Gasteiger partial charge in [-0.3, -0.25) is 0 Å². The third kappa shape index (κ3) is 5.20. The zero-order valence-corrected chi connectivity index (χ0v) is 9.80. The van der Waals surface area contributed by atoms with Gasteiger partial charge in [-0.15, -0.1) is 12.3 Å². The molecule has 2 nitrogen and oxygen atoms in total. The molecule has 1 saturated heterocycles. The second-order valence-electron chi connectivity index (χ2n) is 4.24. The van der Waals surface area contributed by atoms with Gasteiger partial charge in [-0.2, -0.15) is 0 Å². The van der Waals surface area contributed by atoms with Crippen LogP contribution in [0, 0.1) is 12.3 Å². The molecule has 0 radical (unpaired) electrons. The molecule has 0 bridgehead atoms. The van der Waals surface area contributed by atoms with Crippen molar-refractivity contribution >= 4 is 0 Å². The number of ether oxygens (including phenoxy) is 1. The Kier molecular flexibility index (Phi) is 6.47. The molecule has 1 aliphatic rings. The van der Waals surface area contributed by atoms with Gasteiger partial charge in [0.15, 0.2) is 0 Å². The normalized spacial score (nSPS) is 26.1. The lowest BCUT2D eigenvalue weighted by Gasteiger charge is -2.29. The Morgan fingerprint density at radius 3 is 3.07 bits per heavy atom. The van der Waals surface area contributed by atoms with Crippen LogP contribution in [0.25, 0.3) is 0 Å². The lowest BCUT2D eigenvalue weighted by molar-refractivity contribution is 0.00000906. The number of rotatable bonds is 6. The summed E-state index contributed by atoms with van der Waals surface area (Å²) < 4.78 is 5.64. The molecule has 15 heavy (non-hydrogen) atoms. The molecule has 86 valence electrons. The van der Waals surface area contributed by atoms with E-state index in [-0.39, 0.29) is 0 Å². The lowest BCUT2D eigenvalue weighted by atomic mass is 10.0. The highest BCUT2D eigenvalue weighted by molar-refractivity contribution is 4.83. The maximum absolute atomic E-state index is 5.64. The first-order valence-electron chi connectivity index (χ1n) is 6.15. The van der Waals surface area contributed by atoms with Crippen LogP contribution in [0.4, 0.5) is 0 Å². The Labute approximate surface area is 93.8 Å². The fraction of sp³-hybridized carbons (Fsp3) is 0.846. The molecule has 2 atom stereocenters. The first-order chi connectivity index (χ1) is 7.36. The van der Waals surface area contributed by atoms with Crippen LogP contribution in [0.3, 0.4) is 0 Å². The molecule has 1 heterocycles. The Bertz CT molecular complexity index is 197. The van der Waals surface area contributed by atoms with E-state index < -0.39 is 0 Å². The second kappa shape index (κ2) is 7.73. The van der Waals surface area contributed by atoms with Crippen LogP contribution >= 0.6 is 0 Å². The second-order valence-corrected chi connectivity index (χ2v) is 4.24. The van der Waals surface area contributed by atoms with Gasteiger partial charge < -0.3 is 10.1 Å². The molecule has 0 aliphatic carbocycles. The summed E-state index contributed by atoms with van der Waals surface area (Å²) in [6.07, 6.45) is 12.4. The zero-order chi connectivity index (χ0) is 10.9. The monoisotopic (exact) mass is 209 g/mol. The molecule has 1 N–H and O–H groups in total. The molecule has 0 aromatic carbocycles. The predicted molar refractivity (Wildman–Crippen MR) is 63.7 cm³/mol. The Morgan fingerprint density at radius 2 is 2.33 bits per heavy atom. The van der Waals surface area contributed by atoms with Gasteiger partial charge in [-0.1, -0.05) is 6.92 Å². The van der Waals surface area contributed by atoms with Crippen molar-refractivity contribution < 1.29 is 4.74 Å². The molecule has 1 fully saturated rings. The summed E-state index contributed by atoms with van der Waals surface area (Å²) in [7, 11) is 0. The first-order valence-corrected chi connectivity index (χ1v) is 6.15. The van der Waals surface area contributed by atoms with Crippen molar-refractivity contribution in [3.63, 3.8) is 0 Å². The maximum atomic E-state index is 5.64. The van der Waals surface area contributed by atoms with E-state index in [9.17, 15) is 0 Å². The van der Waals surface area contributed by atoms with Crippen molar-refractivity contribution in [1.29, 1.82) is 0 Å². The molecule has 0 saturated carbocycles. The molecular weight excluding hydrogens is 186 g/mol. The van der Waals surface area contributed by atoms with Crippen molar-refractivity contribution in [1.82, 2.24) is 5.32 Å². The van der Waals surface area contributed by atoms with Crippen LogP contribution in [0.2, 0.25) is 0 Å². The first kappa shape index (κ1) is 12.5. The molecule has 0 spiro atoms. The van der Waals surface area contributed by atoms with Crippen LogP contribution in [0.5, 0.6) is 0 Å². The molecule has 1 rings (SSSR count). The van der Waals surface area contributed by atoms with Gasteiger partial charge in [-0.05, 0) is 38.6 Å². The highest BCUT2D eigenvalue weighted by atomic mass is 16.5. The van der Waals surface area contributed by atoms with Crippen LogP contribution in [-0.4, -0.2) is 25.3 Å². The quantitative estimate of drug-likeness (QED) is 0.535. The summed E-state index contributed by atoms with van der Waals surface area (Å²) in [5.41, 5.74) is 0. The minimum Gasteiger partial charge on any atom is -0.378 e. The molecule has 2 unspecified atom stereocenters. The molecule has 1 aliphatic heterocycles. The lowest BCUT2D eigenvalue weighted by Crippen LogP contribution is -2.39. The number of hydrogen-bond acceptors (Lipinski definition) is 2. The summed E-state index contributed by atoms with van der Waals surface area (Å²) >= 11 is 0. The molecule has 2 heteroatoms. The van der Waals surface area contributed by atoms with Crippen LogP contribution < -0.4 is 5.32 Å². The predicted octanol–water partition coefficient (Wildman–Crippen LogP) is 2.34. The van der Waals surface area contributed by atoms with Gasteiger partial charge >= 0.3 is 0 Å². The third-order valence-corrected chi connectivity index (χ3v) is 3.00. The highest BCUT2D eigenvalue weighted by Gasteiger charge is 2.20. The van der Waals surface area contributed by atoms with Crippen molar-refractivity contribution in [2.24, 2.45) is 0 Å². The number of terminal acetylenes is 1. The molecular formula is C13H23NO. The van der Waals surface area contributed by atoms with Gasteiger partial charge in [-0.25, -0.2) is 0 Å².